The van der Waals surface area contributed by atoms with E-state index in [0.717, 1.165) is 19.0 Å². The first-order valence-corrected chi connectivity index (χ1v) is 6.80. The Labute approximate surface area is 103 Å². The Kier molecular flexibility index (Phi) is 2.58. The maximum Gasteiger partial charge on any atom is 0.110 e. The predicted molar refractivity (Wildman–Crippen MR) is 67.4 cm³/mol. The topological polar surface area (TPSA) is 22.4 Å². The van der Waals surface area contributed by atoms with Crippen molar-refractivity contribution >= 4 is 0 Å². The Morgan fingerprint density at radius 2 is 1.71 bits per heavy atom. The van der Waals surface area contributed by atoms with Crippen molar-refractivity contribution in [1.82, 2.24) is 0 Å². The van der Waals surface area contributed by atoms with Crippen LogP contribution in [0.25, 0.3) is 0 Å². The van der Waals surface area contributed by atoms with Crippen LogP contribution in [0.1, 0.15) is 55.3 Å². The van der Waals surface area contributed by atoms with Crippen LogP contribution in [0.4, 0.5) is 0 Å². The molecule has 94 valence electrons. The summed E-state index contributed by atoms with van der Waals surface area (Å²) in [6.45, 7) is 8.47. The lowest BCUT2D eigenvalue weighted by Crippen LogP contribution is -2.30. The third-order valence-electron chi connectivity index (χ3n) is 4.53. The van der Waals surface area contributed by atoms with Crippen LogP contribution in [-0.4, -0.2) is 13.2 Å². The average molecular weight is 234 g/mol. The van der Waals surface area contributed by atoms with Gasteiger partial charge in [-0.05, 0) is 49.1 Å². The van der Waals surface area contributed by atoms with E-state index in [9.17, 15) is 0 Å². The van der Waals surface area contributed by atoms with Crippen LogP contribution < -0.4 is 0 Å². The van der Waals surface area contributed by atoms with Crippen molar-refractivity contribution < 1.29 is 9.15 Å². The molecule has 0 radical (unpaired) electrons. The summed E-state index contributed by atoms with van der Waals surface area (Å²) >= 11 is 0. The molecule has 0 saturated carbocycles. The number of aryl methyl sites for hydroxylation is 1. The lowest BCUT2D eigenvalue weighted by Gasteiger charge is -2.33. The molecular formula is C15H22O2. The van der Waals surface area contributed by atoms with Gasteiger partial charge in [0.2, 0.25) is 0 Å². The van der Waals surface area contributed by atoms with E-state index in [-0.39, 0.29) is 0 Å². The summed E-state index contributed by atoms with van der Waals surface area (Å²) in [6, 6.07) is 0. The highest BCUT2D eigenvalue weighted by Crippen LogP contribution is 2.48. The summed E-state index contributed by atoms with van der Waals surface area (Å²) < 4.78 is 11.5. The van der Waals surface area contributed by atoms with E-state index >= 15 is 0 Å². The lowest BCUT2D eigenvalue weighted by molar-refractivity contribution is 0.0192. The third-order valence-corrected chi connectivity index (χ3v) is 4.53. The molecule has 2 heteroatoms. The Hall–Kier alpha value is -0.760. The van der Waals surface area contributed by atoms with Crippen LogP contribution in [0.3, 0.4) is 0 Å². The van der Waals surface area contributed by atoms with Crippen molar-refractivity contribution in [3.05, 3.63) is 22.6 Å². The number of furan rings is 1. The van der Waals surface area contributed by atoms with Crippen molar-refractivity contribution in [1.29, 1.82) is 0 Å². The quantitative estimate of drug-likeness (QED) is 0.740. The summed E-state index contributed by atoms with van der Waals surface area (Å²) in [6.07, 6.45) is 4.88. The summed E-state index contributed by atoms with van der Waals surface area (Å²) in [5.74, 6) is 2.90. The van der Waals surface area contributed by atoms with Gasteiger partial charge in [0.25, 0.3) is 0 Å². The molecule has 17 heavy (non-hydrogen) atoms. The summed E-state index contributed by atoms with van der Waals surface area (Å²) in [4.78, 5) is 0. The molecule has 2 nitrogen and oxygen atoms in total. The van der Waals surface area contributed by atoms with Gasteiger partial charge in [0.15, 0.2) is 0 Å². The molecule has 1 saturated heterocycles. The van der Waals surface area contributed by atoms with Gasteiger partial charge in [-0.1, -0.05) is 13.8 Å². The Morgan fingerprint density at radius 1 is 1.06 bits per heavy atom. The molecule has 0 aromatic carbocycles. The minimum Gasteiger partial charge on any atom is -0.466 e. The predicted octanol–water partition coefficient (Wildman–Crippen LogP) is 3.61. The first-order chi connectivity index (χ1) is 8.11. The highest BCUT2D eigenvalue weighted by Gasteiger charge is 2.42. The zero-order chi connectivity index (χ0) is 12.0. The summed E-state index contributed by atoms with van der Waals surface area (Å²) in [5, 5.41) is 0. The van der Waals surface area contributed by atoms with E-state index in [4.69, 9.17) is 9.15 Å². The van der Waals surface area contributed by atoms with Crippen molar-refractivity contribution in [3.63, 3.8) is 0 Å². The summed E-state index contributed by atoms with van der Waals surface area (Å²) in [5.41, 5.74) is 3.53. The van der Waals surface area contributed by atoms with Crippen LogP contribution in [0.5, 0.6) is 0 Å². The molecule has 1 aliphatic heterocycles. The van der Waals surface area contributed by atoms with E-state index in [1.165, 1.54) is 42.6 Å². The fourth-order valence-electron chi connectivity index (χ4n) is 3.51. The molecule has 1 fully saturated rings. The van der Waals surface area contributed by atoms with E-state index in [2.05, 4.69) is 20.8 Å². The second kappa shape index (κ2) is 3.88. The van der Waals surface area contributed by atoms with Gasteiger partial charge < -0.3 is 9.15 Å². The van der Waals surface area contributed by atoms with Crippen molar-refractivity contribution in [2.75, 3.05) is 13.2 Å². The molecule has 1 aromatic rings. The lowest BCUT2D eigenvalue weighted by atomic mass is 9.77. The van der Waals surface area contributed by atoms with Gasteiger partial charge in [0, 0.05) is 19.1 Å². The molecule has 1 spiro atoms. The van der Waals surface area contributed by atoms with E-state index in [0.29, 0.717) is 11.3 Å². The zero-order valence-corrected chi connectivity index (χ0v) is 11.1. The van der Waals surface area contributed by atoms with E-state index < -0.39 is 0 Å². The van der Waals surface area contributed by atoms with Gasteiger partial charge in [0.1, 0.15) is 11.5 Å². The molecule has 2 heterocycles. The number of ether oxygens (including phenoxy) is 1. The highest BCUT2D eigenvalue weighted by molar-refractivity contribution is 5.41. The van der Waals surface area contributed by atoms with Gasteiger partial charge in [-0.15, -0.1) is 0 Å². The van der Waals surface area contributed by atoms with Gasteiger partial charge in [-0.25, -0.2) is 0 Å². The molecule has 0 amide bonds. The number of hydrogen-bond donors (Lipinski definition) is 0. The van der Waals surface area contributed by atoms with E-state index in [1.54, 1.807) is 0 Å². The zero-order valence-electron chi connectivity index (χ0n) is 11.1. The van der Waals surface area contributed by atoms with Crippen LogP contribution in [0, 0.1) is 12.3 Å². The maximum absolute atomic E-state index is 5.95. The first-order valence-electron chi connectivity index (χ1n) is 6.80. The third kappa shape index (κ3) is 1.74. The van der Waals surface area contributed by atoms with Crippen LogP contribution in [0.2, 0.25) is 0 Å². The molecule has 1 aliphatic carbocycles. The molecule has 3 rings (SSSR count). The SMILES string of the molecule is Cc1oc(C(C)C)c2c1CC1(CCOCC1)C2. The fraction of sp³-hybridized carbons (Fsp3) is 0.733. The molecule has 1 aromatic heterocycles. The number of hydrogen-bond acceptors (Lipinski definition) is 2. The Bertz CT molecular complexity index is 422. The van der Waals surface area contributed by atoms with Gasteiger partial charge in [0.05, 0.1) is 0 Å². The normalized spacial score (nSPS) is 22.4. The highest BCUT2D eigenvalue weighted by atomic mass is 16.5. The number of fused-ring (bicyclic) bond motifs is 1. The fourth-order valence-corrected chi connectivity index (χ4v) is 3.51. The first kappa shape index (κ1) is 11.3. The van der Waals surface area contributed by atoms with E-state index in [1.807, 2.05) is 0 Å². The van der Waals surface area contributed by atoms with Crippen molar-refractivity contribution in [3.8, 4) is 0 Å². The van der Waals surface area contributed by atoms with Crippen molar-refractivity contribution in [2.24, 2.45) is 5.41 Å². The van der Waals surface area contributed by atoms with Gasteiger partial charge in [-0.3, -0.25) is 0 Å². The molecule has 0 N–H and O–H groups in total. The minimum atomic E-state index is 0.494. The monoisotopic (exact) mass is 234 g/mol. The second-order valence-corrected chi connectivity index (χ2v) is 6.10. The summed E-state index contributed by atoms with van der Waals surface area (Å²) in [7, 11) is 0. The molecular weight excluding hydrogens is 212 g/mol. The Morgan fingerprint density at radius 3 is 2.35 bits per heavy atom. The largest absolute Gasteiger partial charge is 0.466 e. The molecule has 0 unspecified atom stereocenters. The van der Waals surface area contributed by atoms with Crippen LogP contribution >= 0.6 is 0 Å². The standard InChI is InChI=1S/C15H22O2/c1-10(2)14-13-9-15(4-6-16-7-5-15)8-12(13)11(3)17-14/h10H,4-9H2,1-3H3. The average Bonchev–Trinajstić information content (AvgIpc) is 2.78. The molecule has 0 bridgehead atoms. The smallest absolute Gasteiger partial charge is 0.110 e. The van der Waals surface area contributed by atoms with Gasteiger partial charge >= 0.3 is 0 Å². The van der Waals surface area contributed by atoms with Gasteiger partial charge in [-0.2, -0.15) is 0 Å². The second-order valence-electron chi connectivity index (χ2n) is 6.10. The van der Waals surface area contributed by atoms with Crippen LogP contribution in [0.15, 0.2) is 4.42 Å². The van der Waals surface area contributed by atoms with Crippen LogP contribution in [-0.2, 0) is 17.6 Å². The minimum absolute atomic E-state index is 0.494. The Balaban J connectivity index is 1.94. The number of rotatable bonds is 1. The van der Waals surface area contributed by atoms with Crippen molar-refractivity contribution in [2.45, 2.75) is 52.4 Å². The maximum atomic E-state index is 5.95. The molecule has 2 aliphatic rings. The molecule has 0 atom stereocenters.